The van der Waals surface area contributed by atoms with Crippen LogP contribution in [0.5, 0.6) is 0 Å². The minimum atomic E-state index is 0. The van der Waals surface area contributed by atoms with E-state index in [2.05, 4.69) is 34.7 Å². The maximum Gasteiger partial charge on any atom is 0.191 e. The number of halogens is 2. The molecule has 6 heteroatoms. The molecule has 1 aromatic carbocycles. The summed E-state index contributed by atoms with van der Waals surface area (Å²) in [5, 5.41) is 7.36. The molecule has 0 aliphatic carbocycles. The van der Waals surface area contributed by atoms with Gasteiger partial charge >= 0.3 is 0 Å². The molecule has 126 valence electrons. The highest BCUT2D eigenvalue weighted by atomic mass is 127. The molecule has 0 saturated heterocycles. The molecule has 2 N–H and O–H groups in total. The molecule has 1 rings (SSSR count). The van der Waals surface area contributed by atoms with Crippen molar-refractivity contribution in [1.82, 2.24) is 10.6 Å². The SMILES string of the molecule is CCNC(=NCCCOCC)NCCc1ccc(Cl)cc1.I. The van der Waals surface area contributed by atoms with Crippen molar-refractivity contribution in [1.29, 1.82) is 0 Å². The number of ether oxygens (including phenoxy) is 1. The average molecular weight is 440 g/mol. The lowest BCUT2D eigenvalue weighted by molar-refractivity contribution is 0.146. The Labute approximate surface area is 156 Å². The van der Waals surface area contributed by atoms with Gasteiger partial charge in [-0.1, -0.05) is 23.7 Å². The van der Waals surface area contributed by atoms with E-state index in [0.29, 0.717) is 0 Å². The van der Waals surface area contributed by atoms with Crippen molar-refractivity contribution >= 4 is 41.5 Å². The Balaban J connectivity index is 0.00000441. The zero-order chi connectivity index (χ0) is 15.3. The van der Waals surface area contributed by atoms with Gasteiger partial charge < -0.3 is 15.4 Å². The number of guanidine groups is 1. The number of hydrogen-bond donors (Lipinski definition) is 2. The fraction of sp³-hybridized carbons (Fsp3) is 0.562. The van der Waals surface area contributed by atoms with Crippen LogP contribution in [0.15, 0.2) is 29.3 Å². The maximum atomic E-state index is 5.88. The Morgan fingerprint density at radius 1 is 1.18 bits per heavy atom. The number of hydrogen-bond acceptors (Lipinski definition) is 2. The normalized spacial score (nSPS) is 11.0. The van der Waals surface area contributed by atoms with Gasteiger partial charge in [0.15, 0.2) is 5.96 Å². The molecule has 0 atom stereocenters. The predicted octanol–water partition coefficient (Wildman–Crippen LogP) is 3.48. The van der Waals surface area contributed by atoms with Gasteiger partial charge in [0.25, 0.3) is 0 Å². The van der Waals surface area contributed by atoms with E-state index in [9.17, 15) is 0 Å². The highest BCUT2D eigenvalue weighted by Crippen LogP contribution is 2.09. The average Bonchev–Trinajstić information content (AvgIpc) is 2.49. The van der Waals surface area contributed by atoms with Crippen LogP contribution in [0.1, 0.15) is 25.8 Å². The van der Waals surface area contributed by atoms with Crippen molar-refractivity contribution in [2.45, 2.75) is 26.7 Å². The number of rotatable bonds is 9. The lowest BCUT2D eigenvalue weighted by Crippen LogP contribution is -2.38. The van der Waals surface area contributed by atoms with E-state index in [1.54, 1.807) is 0 Å². The van der Waals surface area contributed by atoms with Crippen molar-refractivity contribution < 1.29 is 4.74 Å². The summed E-state index contributed by atoms with van der Waals surface area (Å²) in [7, 11) is 0. The highest BCUT2D eigenvalue weighted by molar-refractivity contribution is 14.0. The third-order valence-electron chi connectivity index (χ3n) is 2.88. The first kappa shape index (κ1) is 21.5. The van der Waals surface area contributed by atoms with Crippen LogP contribution in [-0.2, 0) is 11.2 Å². The van der Waals surface area contributed by atoms with E-state index in [4.69, 9.17) is 16.3 Å². The van der Waals surface area contributed by atoms with Gasteiger partial charge in [0.2, 0.25) is 0 Å². The smallest absolute Gasteiger partial charge is 0.191 e. The van der Waals surface area contributed by atoms with E-state index in [1.165, 1.54) is 5.56 Å². The van der Waals surface area contributed by atoms with Crippen LogP contribution in [0.2, 0.25) is 5.02 Å². The Morgan fingerprint density at radius 2 is 1.91 bits per heavy atom. The molecule has 0 heterocycles. The van der Waals surface area contributed by atoms with Gasteiger partial charge in [-0.25, -0.2) is 0 Å². The van der Waals surface area contributed by atoms with Crippen LogP contribution in [0.25, 0.3) is 0 Å². The summed E-state index contributed by atoms with van der Waals surface area (Å²) in [4.78, 5) is 4.52. The van der Waals surface area contributed by atoms with E-state index in [1.807, 2.05) is 19.1 Å². The first-order chi connectivity index (χ1) is 10.3. The molecule has 0 unspecified atom stereocenters. The molecule has 0 aliphatic rings. The van der Waals surface area contributed by atoms with Crippen LogP contribution in [0.3, 0.4) is 0 Å². The molecule has 1 aromatic rings. The number of benzene rings is 1. The molecule has 0 aromatic heterocycles. The molecule has 4 nitrogen and oxygen atoms in total. The summed E-state index contributed by atoms with van der Waals surface area (Å²) >= 11 is 5.88. The second-order valence-electron chi connectivity index (χ2n) is 4.61. The van der Waals surface area contributed by atoms with Crippen LogP contribution in [-0.4, -0.2) is 38.8 Å². The van der Waals surface area contributed by atoms with Gasteiger partial charge in [-0.05, 0) is 44.4 Å². The number of nitrogens with zero attached hydrogens (tertiary/aromatic N) is 1. The third-order valence-corrected chi connectivity index (χ3v) is 3.14. The summed E-state index contributed by atoms with van der Waals surface area (Å²) in [5.41, 5.74) is 1.26. The fourth-order valence-electron chi connectivity index (χ4n) is 1.82. The predicted molar refractivity (Wildman–Crippen MR) is 106 cm³/mol. The Morgan fingerprint density at radius 3 is 2.55 bits per heavy atom. The summed E-state index contributed by atoms with van der Waals surface area (Å²) in [6.07, 6.45) is 1.89. The van der Waals surface area contributed by atoms with E-state index >= 15 is 0 Å². The van der Waals surface area contributed by atoms with Gasteiger partial charge in [-0.3, -0.25) is 4.99 Å². The van der Waals surface area contributed by atoms with E-state index in [0.717, 1.165) is 56.7 Å². The molecular formula is C16H27ClIN3O. The van der Waals surface area contributed by atoms with Crippen LogP contribution in [0, 0.1) is 0 Å². The molecule has 0 aliphatic heterocycles. The fourth-order valence-corrected chi connectivity index (χ4v) is 1.95. The highest BCUT2D eigenvalue weighted by Gasteiger charge is 1.98. The molecule has 0 saturated carbocycles. The summed E-state index contributed by atoms with van der Waals surface area (Å²) < 4.78 is 5.30. The van der Waals surface area contributed by atoms with E-state index in [-0.39, 0.29) is 24.0 Å². The second kappa shape index (κ2) is 14.1. The third kappa shape index (κ3) is 10.2. The Kier molecular flexibility index (Phi) is 13.7. The Bertz CT molecular complexity index is 412. The van der Waals surface area contributed by atoms with Gasteiger partial charge in [0, 0.05) is 37.9 Å². The van der Waals surface area contributed by atoms with Crippen molar-refractivity contribution in [3.63, 3.8) is 0 Å². The second-order valence-corrected chi connectivity index (χ2v) is 5.05. The van der Waals surface area contributed by atoms with Crippen LogP contribution >= 0.6 is 35.6 Å². The van der Waals surface area contributed by atoms with Gasteiger partial charge in [-0.15, -0.1) is 24.0 Å². The lowest BCUT2D eigenvalue weighted by Gasteiger charge is -2.11. The van der Waals surface area contributed by atoms with Crippen molar-refractivity contribution in [3.8, 4) is 0 Å². The lowest BCUT2D eigenvalue weighted by atomic mass is 10.1. The zero-order valence-electron chi connectivity index (χ0n) is 13.4. The van der Waals surface area contributed by atoms with Crippen LogP contribution in [0.4, 0.5) is 0 Å². The monoisotopic (exact) mass is 439 g/mol. The quantitative estimate of drug-likeness (QED) is 0.268. The topological polar surface area (TPSA) is 45.7 Å². The number of nitrogens with one attached hydrogen (secondary N) is 2. The van der Waals surface area contributed by atoms with Crippen molar-refractivity contribution in [2.24, 2.45) is 4.99 Å². The molecule has 0 radical (unpaired) electrons. The van der Waals surface area contributed by atoms with E-state index < -0.39 is 0 Å². The largest absolute Gasteiger partial charge is 0.382 e. The van der Waals surface area contributed by atoms with Gasteiger partial charge in [0.05, 0.1) is 0 Å². The molecule has 22 heavy (non-hydrogen) atoms. The minimum absolute atomic E-state index is 0. The summed E-state index contributed by atoms with van der Waals surface area (Å²) in [6.45, 7) is 8.09. The van der Waals surface area contributed by atoms with Gasteiger partial charge in [0.1, 0.15) is 0 Å². The molecule has 0 bridgehead atoms. The first-order valence-corrected chi connectivity index (χ1v) is 7.98. The minimum Gasteiger partial charge on any atom is -0.382 e. The maximum absolute atomic E-state index is 5.88. The molecular weight excluding hydrogens is 413 g/mol. The molecule has 0 fully saturated rings. The van der Waals surface area contributed by atoms with Crippen molar-refractivity contribution in [2.75, 3.05) is 32.8 Å². The van der Waals surface area contributed by atoms with Crippen LogP contribution < -0.4 is 10.6 Å². The summed E-state index contributed by atoms with van der Waals surface area (Å²) in [6, 6.07) is 7.94. The van der Waals surface area contributed by atoms with Crippen molar-refractivity contribution in [3.05, 3.63) is 34.9 Å². The standard InChI is InChI=1S/C16H26ClN3O.HI/c1-3-18-16(19-11-5-13-21-4-2)20-12-10-14-6-8-15(17)9-7-14;/h6-9H,3-5,10-13H2,1-2H3,(H2,18,19,20);1H. The first-order valence-electron chi connectivity index (χ1n) is 7.60. The summed E-state index contributed by atoms with van der Waals surface area (Å²) in [5.74, 6) is 0.864. The Hall–Kier alpha value is -0.530. The molecule has 0 amide bonds. The van der Waals surface area contributed by atoms with Gasteiger partial charge in [-0.2, -0.15) is 0 Å². The molecule has 0 spiro atoms. The number of aliphatic imine (C=N–C) groups is 1. The zero-order valence-corrected chi connectivity index (χ0v) is 16.5.